The summed E-state index contributed by atoms with van der Waals surface area (Å²) in [4.78, 5) is 27.7. The minimum Gasteiger partial charge on any atom is -0.343 e. The van der Waals surface area contributed by atoms with E-state index in [9.17, 15) is 14.0 Å². The van der Waals surface area contributed by atoms with Gasteiger partial charge in [0.15, 0.2) is 0 Å². The number of nitrogens with one attached hydrogen (secondary N) is 1. The van der Waals surface area contributed by atoms with Crippen molar-refractivity contribution in [3.63, 3.8) is 0 Å². The maximum Gasteiger partial charge on any atom is 0.243 e. The van der Waals surface area contributed by atoms with Crippen LogP contribution in [0.3, 0.4) is 0 Å². The molecule has 2 amide bonds. The molecule has 178 valence electrons. The molecule has 2 aromatic carbocycles. The lowest BCUT2D eigenvalue weighted by Crippen LogP contribution is -2.47. The van der Waals surface area contributed by atoms with Crippen molar-refractivity contribution in [1.29, 1.82) is 0 Å². The number of halogens is 1. The fourth-order valence-corrected chi connectivity index (χ4v) is 4.33. The summed E-state index contributed by atoms with van der Waals surface area (Å²) in [7, 11) is 1.74. The molecule has 1 N–H and O–H groups in total. The highest BCUT2D eigenvalue weighted by Gasteiger charge is 2.40. The number of nitrogens with zero attached hydrogens (tertiary/aromatic N) is 4. The summed E-state index contributed by atoms with van der Waals surface area (Å²) in [5, 5.41) is 10.8. The van der Waals surface area contributed by atoms with Crippen LogP contribution in [0.2, 0.25) is 0 Å². The summed E-state index contributed by atoms with van der Waals surface area (Å²) in [6.07, 6.45) is 0.194. The van der Waals surface area contributed by atoms with Crippen LogP contribution in [-0.4, -0.2) is 50.2 Å². The number of carbonyl (C=O) groups excluding carboxylic acids is 2. The molecular formula is C26H30FN5O2. The first kappa shape index (κ1) is 23.6. The maximum atomic E-state index is 14.4. The molecule has 7 nitrogen and oxygen atoms in total. The zero-order valence-corrected chi connectivity index (χ0v) is 19.7. The van der Waals surface area contributed by atoms with Crippen LogP contribution in [0.4, 0.5) is 4.39 Å². The predicted molar refractivity (Wildman–Crippen MR) is 127 cm³/mol. The van der Waals surface area contributed by atoms with Crippen LogP contribution < -0.4 is 5.32 Å². The Balaban J connectivity index is 1.56. The van der Waals surface area contributed by atoms with Crippen LogP contribution in [0.25, 0.3) is 0 Å². The van der Waals surface area contributed by atoms with E-state index in [1.54, 1.807) is 11.6 Å². The normalized spacial score (nSPS) is 18.8. The van der Waals surface area contributed by atoms with Crippen molar-refractivity contribution in [3.8, 4) is 0 Å². The molecule has 2 heterocycles. The maximum absolute atomic E-state index is 14.4. The van der Waals surface area contributed by atoms with Gasteiger partial charge in [0.05, 0.1) is 19.0 Å². The van der Waals surface area contributed by atoms with Crippen LogP contribution in [-0.2, 0) is 23.1 Å². The van der Waals surface area contributed by atoms with Gasteiger partial charge in [-0.2, -0.15) is 0 Å². The number of likely N-dealkylation sites (tertiary alicyclic amines) is 1. The van der Waals surface area contributed by atoms with Crippen LogP contribution in [0.5, 0.6) is 0 Å². The lowest BCUT2D eigenvalue weighted by atomic mass is 9.95. The van der Waals surface area contributed by atoms with Gasteiger partial charge >= 0.3 is 0 Å². The molecule has 1 aliphatic rings. The molecule has 3 aromatic rings. The van der Waals surface area contributed by atoms with Crippen LogP contribution in [0.15, 0.2) is 60.9 Å². The molecule has 0 bridgehead atoms. The first-order chi connectivity index (χ1) is 16.3. The Kier molecular flexibility index (Phi) is 7.05. The highest BCUT2D eigenvalue weighted by atomic mass is 19.1. The fraction of sp³-hybridized carbons (Fsp3) is 0.385. The monoisotopic (exact) mass is 463 g/mol. The lowest BCUT2D eigenvalue weighted by Gasteiger charge is -2.27. The van der Waals surface area contributed by atoms with E-state index in [0.29, 0.717) is 11.7 Å². The minimum atomic E-state index is -1.25. The Hall–Kier alpha value is -3.55. The number of hydrogen-bond donors (Lipinski definition) is 1. The van der Waals surface area contributed by atoms with Gasteiger partial charge in [-0.05, 0) is 22.6 Å². The summed E-state index contributed by atoms with van der Waals surface area (Å²) >= 11 is 0. The van der Waals surface area contributed by atoms with Gasteiger partial charge in [0, 0.05) is 13.5 Å². The summed E-state index contributed by atoms with van der Waals surface area (Å²) in [6.45, 7) is 4.16. The van der Waals surface area contributed by atoms with Crippen molar-refractivity contribution in [2.75, 3.05) is 6.54 Å². The molecule has 1 fully saturated rings. The Labute approximate surface area is 199 Å². The molecule has 0 aliphatic carbocycles. The molecule has 1 saturated heterocycles. The van der Waals surface area contributed by atoms with Gasteiger partial charge in [-0.1, -0.05) is 68.4 Å². The van der Waals surface area contributed by atoms with Crippen molar-refractivity contribution in [1.82, 2.24) is 25.0 Å². The number of carbonyl (C=O) groups is 2. The number of aromatic nitrogens is 3. The Morgan fingerprint density at radius 1 is 1.06 bits per heavy atom. The molecule has 0 unspecified atom stereocenters. The van der Waals surface area contributed by atoms with E-state index in [0.717, 1.165) is 11.1 Å². The second-order valence-electron chi connectivity index (χ2n) is 9.10. The lowest BCUT2D eigenvalue weighted by molar-refractivity contribution is -0.138. The van der Waals surface area contributed by atoms with E-state index in [1.165, 1.54) is 16.8 Å². The van der Waals surface area contributed by atoms with E-state index in [1.807, 2.05) is 42.5 Å². The Morgan fingerprint density at radius 3 is 2.32 bits per heavy atom. The number of hydrogen-bond acceptors (Lipinski definition) is 4. The van der Waals surface area contributed by atoms with Gasteiger partial charge in [-0.15, -0.1) is 10.2 Å². The van der Waals surface area contributed by atoms with Crippen molar-refractivity contribution in [2.24, 2.45) is 7.05 Å². The molecule has 3 atom stereocenters. The van der Waals surface area contributed by atoms with Gasteiger partial charge in [0.1, 0.15) is 24.4 Å². The summed E-state index contributed by atoms with van der Waals surface area (Å²) in [6, 6.07) is 16.5. The van der Waals surface area contributed by atoms with E-state index in [4.69, 9.17) is 0 Å². The fourth-order valence-electron chi connectivity index (χ4n) is 4.33. The Bertz CT molecular complexity index is 1130. The largest absolute Gasteiger partial charge is 0.343 e. The zero-order valence-electron chi connectivity index (χ0n) is 19.7. The van der Waals surface area contributed by atoms with Crippen LogP contribution in [0, 0.1) is 0 Å². The average Bonchev–Trinajstić information content (AvgIpc) is 3.43. The van der Waals surface area contributed by atoms with Crippen molar-refractivity contribution >= 4 is 11.8 Å². The molecule has 8 heteroatoms. The molecule has 0 radical (unpaired) electrons. The Morgan fingerprint density at radius 2 is 1.71 bits per heavy atom. The second-order valence-corrected chi connectivity index (χ2v) is 9.10. The van der Waals surface area contributed by atoms with Gasteiger partial charge < -0.3 is 14.8 Å². The molecule has 1 aromatic heterocycles. The van der Waals surface area contributed by atoms with E-state index >= 15 is 0 Å². The average molecular weight is 464 g/mol. The van der Waals surface area contributed by atoms with Crippen molar-refractivity contribution in [2.45, 2.75) is 50.9 Å². The standard InChI is InChI=1S/C26H30FN5O2/c1-17(2)18-9-11-20(12-10-18)25(19-7-5-4-6-8-19)29-26(34)22-13-21(27)15-32(22)24(33)14-23-30-28-16-31(23)3/h4-12,16-17,21-22,25H,13-15H2,1-3H3,(H,29,34)/t21-,22-,25+/m1/s1. The van der Waals surface area contributed by atoms with Crippen LogP contribution >= 0.6 is 0 Å². The third kappa shape index (κ3) is 5.16. The molecule has 4 rings (SSSR count). The zero-order chi connectivity index (χ0) is 24.2. The first-order valence-corrected chi connectivity index (χ1v) is 11.5. The van der Waals surface area contributed by atoms with Crippen molar-refractivity contribution < 1.29 is 14.0 Å². The number of amides is 2. The van der Waals surface area contributed by atoms with Crippen molar-refractivity contribution in [3.05, 3.63) is 83.4 Å². The van der Waals surface area contributed by atoms with Gasteiger partial charge in [-0.3, -0.25) is 9.59 Å². The first-order valence-electron chi connectivity index (χ1n) is 11.5. The predicted octanol–water partition coefficient (Wildman–Crippen LogP) is 3.33. The summed E-state index contributed by atoms with van der Waals surface area (Å²) in [5.41, 5.74) is 3.05. The molecular weight excluding hydrogens is 433 g/mol. The second kappa shape index (κ2) is 10.2. The molecule has 1 aliphatic heterocycles. The highest BCUT2D eigenvalue weighted by Crippen LogP contribution is 2.27. The van der Waals surface area contributed by atoms with Gasteiger partial charge in [0.25, 0.3) is 0 Å². The van der Waals surface area contributed by atoms with E-state index in [2.05, 4.69) is 41.5 Å². The van der Waals surface area contributed by atoms with Gasteiger partial charge in [0.2, 0.25) is 11.8 Å². The highest BCUT2D eigenvalue weighted by molar-refractivity contribution is 5.89. The number of alkyl halides is 1. The topological polar surface area (TPSA) is 80.1 Å². The number of aryl methyl sites for hydroxylation is 1. The van der Waals surface area contributed by atoms with E-state index < -0.39 is 18.3 Å². The summed E-state index contributed by atoms with van der Waals surface area (Å²) < 4.78 is 16.0. The number of benzene rings is 2. The quantitative estimate of drug-likeness (QED) is 0.583. The van der Waals surface area contributed by atoms with Gasteiger partial charge in [-0.25, -0.2) is 4.39 Å². The smallest absolute Gasteiger partial charge is 0.243 e. The minimum absolute atomic E-state index is 0.0236. The molecule has 0 saturated carbocycles. The molecule has 0 spiro atoms. The SMILES string of the molecule is CC(C)c1ccc([C@@H](NC(=O)[C@H]2C[C@@H](F)CN2C(=O)Cc2nncn2C)c2ccccc2)cc1. The van der Waals surface area contributed by atoms with Crippen LogP contribution in [0.1, 0.15) is 54.7 Å². The third-order valence-corrected chi connectivity index (χ3v) is 6.34. The third-order valence-electron chi connectivity index (χ3n) is 6.34. The summed E-state index contributed by atoms with van der Waals surface area (Å²) in [5.74, 6) is 0.161. The molecule has 34 heavy (non-hydrogen) atoms. The van der Waals surface area contributed by atoms with E-state index in [-0.39, 0.29) is 31.2 Å². The number of rotatable bonds is 7.